The van der Waals surface area contributed by atoms with Crippen LogP contribution in [0.4, 0.5) is 11.4 Å². The van der Waals surface area contributed by atoms with Crippen LogP contribution >= 0.6 is 0 Å². The van der Waals surface area contributed by atoms with E-state index in [0.29, 0.717) is 29.4 Å². The molecule has 0 saturated heterocycles. The molecule has 6 heteroatoms. The fourth-order valence-corrected chi connectivity index (χ4v) is 1.91. The Bertz CT molecular complexity index is 472. The first-order chi connectivity index (χ1) is 9.13. The second-order valence-corrected chi connectivity index (χ2v) is 4.30. The Hall–Kier alpha value is -1.95. The van der Waals surface area contributed by atoms with Gasteiger partial charge in [0.1, 0.15) is 0 Å². The molecule has 1 amide bonds. The van der Waals surface area contributed by atoms with Crippen molar-refractivity contribution in [2.24, 2.45) is 0 Å². The molecule has 104 valence electrons. The molecular weight excluding hydrogens is 246 g/mol. The lowest BCUT2D eigenvalue weighted by molar-refractivity contribution is -0.117. The fourth-order valence-electron chi connectivity index (χ4n) is 1.91. The van der Waals surface area contributed by atoms with E-state index in [2.05, 4.69) is 5.32 Å². The zero-order valence-corrected chi connectivity index (χ0v) is 11.2. The first kappa shape index (κ1) is 13.5. The van der Waals surface area contributed by atoms with E-state index in [1.165, 1.54) is 0 Å². The van der Waals surface area contributed by atoms with Gasteiger partial charge in [-0.2, -0.15) is 0 Å². The van der Waals surface area contributed by atoms with Crippen LogP contribution < -0.4 is 20.5 Å². The van der Waals surface area contributed by atoms with Gasteiger partial charge < -0.3 is 20.5 Å². The summed E-state index contributed by atoms with van der Waals surface area (Å²) in [7, 11) is 0. The van der Waals surface area contributed by atoms with Crippen molar-refractivity contribution < 1.29 is 14.3 Å². The summed E-state index contributed by atoms with van der Waals surface area (Å²) in [6.07, 6.45) is 0. The maximum absolute atomic E-state index is 11.9. The number of fused-ring (bicyclic) bond motifs is 1. The molecule has 2 rings (SSSR count). The molecule has 0 fully saturated rings. The topological polar surface area (TPSA) is 76.8 Å². The van der Waals surface area contributed by atoms with E-state index >= 15 is 0 Å². The van der Waals surface area contributed by atoms with Gasteiger partial charge in [0.15, 0.2) is 11.5 Å². The zero-order chi connectivity index (χ0) is 13.8. The standard InChI is InChI=1S/C13H19N3O3/c1-3-16(4-2)7-13(17)15-10-6-12-11(5-9(10)14)18-8-19-12/h5-6H,3-4,7-8,14H2,1-2H3,(H,15,17). The largest absolute Gasteiger partial charge is 0.454 e. The molecule has 0 aliphatic carbocycles. The predicted molar refractivity (Wildman–Crippen MR) is 73.4 cm³/mol. The summed E-state index contributed by atoms with van der Waals surface area (Å²) in [4.78, 5) is 13.9. The highest BCUT2D eigenvalue weighted by Gasteiger charge is 2.17. The predicted octanol–water partition coefficient (Wildman–Crippen LogP) is 1.28. The molecule has 19 heavy (non-hydrogen) atoms. The van der Waals surface area contributed by atoms with Crippen LogP contribution in [-0.2, 0) is 4.79 Å². The van der Waals surface area contributed by atoms with Gasteiger partial charge in [0.2, 0.25) is 12.7 Å². The van der Waals surface area contributed by atoms with E-state index in [1.807, 2.05) is 18.7 Å². The van der Waals surface area contributed by atoms with Gasteiger partial charge in [-0.05, 0) is 13.1 Å². The highest BCUT2D eigenvalue weighted by molar-refractivity contribution is 5.95. The van der Waals surface area contributed by atoms with E-state index in [-0.39, 0.29) is 12.7 Å². The number of hydrogen-bond donors (Lipinski definition) is 2. The van der Waals surface area contributed by atoms with Gasteiger partial charge in [-0.3, -0.25) is 9.69 Å². The number of ether oxygens (including phenoxy) is 2. The second-order valence-electron chi connectivity index (χ2n) is 4.30. The molecule has 0 radical (unpaired) electrons. The Kier molecular flexibility index (Phi) is 4.11. The summed E-state index contributed by atoms with van der Waals surface area (Å²) < 4.78 is 10.5. The molecule has 0 aromatic heterocycles. The summed E-state index contributed by atoms with van der Waals surface area (Å²) in [6.45, 7) is 6.24. The minimum Gasteiger partial charge on any atom is -0.454 e. The van der Waals surface area contributed by atoms with Crippen LogP contribution in [0.2, 0.25) is 0 Å². The maximum atomic E-state index is 11.9. The summed E-state index contributed by atoms with van der Waals surface area (Å²) in [5, 5.41) is 2.80. The van der Waals surface area contributed by atoms with Crippen LogP contribution in [0.5, 0.6) is 11.5 Å². The van der Waals surface area contributed by atoms with E-state index in [1.54, 1.807) is 12.1 Å². The third-order valence-corrected chi connectivity index (χ3v) is 3.08. The number of nitrogens with one attached hydrogen (secondary N) is 1. The summed E-state index contributed by atoms with van der Waals surface area (Å²) in [6, 6.07) is 3.35. The number of anilines is 2. The van der Waals surface area contributed by atoms with Crippen LogP contribution in [0, 0.1) is 0 Å². The van der Waals surface area contributed by atoms with E-state index in [0.717, 1.165) is 13.1 Å². The van der Waals surface area contributed by atoms with Crippen molar-refractivity contribution in [3.8, 4) is 11.5 Å². The summed E-state index contributed by atoms with van der Waals surface area (Å²) in [5.41, 5.74) is 6.90. The normalized spacial score (nSPS) is 12.8. The quantitative estimate of drug-likeness (QED) is 0.784. The molecule has 0 bridgehead atoms. The first-order valence-corrected chi connectivity index (χ1v) is 6.35. The molecule has 0 spiro atoms. The summed E-state index contributed by atoms with van der Waals surface area (Å²) in [5.74, 6) is 1.13. The number of carbonyl (C=O) groups excluding carboxylic acids is 1. The van der Waals surface area contributed by atoms with Gasteiger partial charge in [-0.15, -0.1) is 0 Å². The highest BCUT2D eigenvalue weighted by Crippen LogP contribution is 2.38. The van der Waals surface area contributed by atoms with Crippen molar-refractivity contribution in [1.82, 2.24) is 4.90 Å². The van der Waals surface area contributed by atoms with Crippen LogP contribution in [-0.4, -0.2) is 37.2 Å². The number of benzene rings is 1. The second kappa shape index (κ2) is 5.79. The van der Waals surface area contributed by atoms with Crippen molar-refractivity contribution in [1.29, 1.82) is 0 Å². The molecule has 0 unspecified atom stereocenters. The first-order valence-electron chi connectivity index (χ1n) is 6.35. The number of nitrogen functional groups attached to an aromatic ring is 1. The number of carbonyl (C=O) groups is 1. The number of nitrogens with zero attached hydrogens (tertiary/aromatic N) is 1. The number of amides is 1. The van der Waals surface area contributed by atoms with Crippen LogP contribution in [0.15, 0.2) is 12.1 Å². The average Bonchev–Trinajstić information content (AvgIpc) is 2.83. The van der Waals surface area contributed by atoms with Gasteiger partial charge in [0, 0.05) is 12.1 Å². The molecule has 1 aliphatic rings. The van der Waals surface area contributed by atoms with Gasteiger partial charge in [0.05, 0.1) is 17.9 Å². The van der Waals surface area contributed by atoms with Crippen LogP contribution in [0.3, 0.4) is 0 Å². The average molecular weight is 265 g/mol. The molecule has 1 heterocycles. The minimum atomic E-state index is -0.0886. The lowest BCUT2D eigenvalue weighted by atomic mass is 10.2. The lowest BCUT2D eigenvalue weighted by Crippen LogP contribution is -2.33. The van der Waals surface area contributed by atoms with Crippen molar-refractivity contribution in [3.05, 3.63) is 12.1 Å². The Labute approximate surface area is 112 Å². The van der Waals surface area contributed by atoms with E-state index in [4.69, 9.17) is 15.2 Å². The van der Waals surface area contributed by atoms with E-state index < -0.39 is 0 Å². The Morgan fingerprint density at radius 2 is 1.95 bits per heavy atom. The molecule has 0 saturated carbocycles. The number of nitrogens with two attached hydrogens (primary N) is 1. The van der Waals surface area contributed by atoms with Crippen LogP contribution in [0.1, 0.15) is 13.8 Å². The Balaban J connectivity index is 2.05. The third-order valence-electron chi connectivity index (χ3n) is 3.08. The van der Waals surface area contributed by atoms with Crippen molar-refractivity contribution in [2.45, 2.75) is 13.8 Å². The van der Waals surface area contributed by atoms with Crippen molar-refractivity contribution >= 4 is 17.3 Å². The summed E-state index contributed by atoms with van der Waals surface area (Å²) >= 11 is 0. The van der Waals surface area contributed by atoms with Gasteiger partial charge >= 0.3 is 0 Å². The molecule has 0 atom stereocenters. The molecular formula is C13H19N3O3. The van der Waals surface area contributed by atoms with Gasteiger partial charge in [-0.25, -0.2) is 0 Å². The third kappa shape index (κ3) is 3.08. The molecule has 6 nitrogen and oxygen atoms in total. The number of likely N-dealkylation sites (N-methyl/N-ethyl adjacent to an activating group) is 1. The number of hydrogen-bond acceptors (Lipinski definition) is 5. The maximum Gasteiger partial charge on any atom is 0.238 e. The fraction of sp³-hybridized carbons (Fsp3) is 0.462. The lowest BCUT2D eigenvalue weighted by Gasteiger charge is -2.17. The Morgan fingerprint density at radius 1 is 1.32 bits per heavy atom. The molecule has 1 aromatic rings. The zero-order valence-electron chi connectivity index (χ0n) is 11.2. The minimum absolute atomic E-state index is 0.0886. The smallest absolute Gasteiger partial charge is 0.238 e. The highest BCUT2D eigenvalue weighted by atomic mass is 16.7. The molecule has 3 N–H and O–H groups in total. The van der Waals surface area contributed by atoms with Gasteiger partial charge in [0.25, 0.3) is 0 Å². The van der Waals surface area contributed by atoms with Crippen molar-refractivity contribution in [2.75, 3.05) is 37.5 Å². The van der Waals surface area contributed by atoms with Gasteiger partial charge in [-0.1, -0.05) is 13.8 Å². The monoisotopic (exact) mass is 265 g/mol. The number of rotatable bonds is 5. The van der Waals surface area contributed by atoms with Crippen molar-refractivity contribution in [3.63, 3.8) is 0 Å². The van der Waals surface area contributed by atoms with Crippen LogP contribution in [0.25, 0.3) is 0 Å². The Morgan fingerprint density at radius 3 is 2.58 bits per heavy atom. The molecule has 1 aromatic carbocycles. The molecule has 1 aliphatic heterocycles. The SMILES string of the molecule is CCN(CC)CC(=O)Nc1cc2c(cc1N)OCO2. The van der Waals surface area contributed by atoms with E-state index in [9.17, 15) is 4.79 Å².